The van der Waals surface area contributed by atoms with E-state index >= 15 is 0 Å². The van der Waals surface area contributed by atoms with Crippen LogP contribution in [0.5, 0.6) is 0 Å². The van der Waals surface area contributed by atoms with Gasteiger partial charge >= 0.3 is 0 Å². The largest absolute Gasteiger partial charge is 0.325 e. The van der Waals surface area contributed by atoms with Crippen LogP contribution < -0.4 is 10.6 Å². The van der Waals surface area contributed by atoms with E-state index in [1.54, 1.807) is 0 Å². The van der Waals surface area contributed by atoms with Crippen LogP contribution in [0.25, 0.3) is 0 Å². The highest BCUT2D eigenvalue weighted by molar-refractivity contribution is 5.93. The third-order valence-electron chi connectivity index (χ3n) is 4.12. The van der Waals surface area contributed by atoms with Crippen LogP contribution in [0, 0.1) is 13.8 Å². The molecule has 0 aliphatic carbocycles. The van der Waals surface area contributed by atoms with E-state index in [4.69, 9.17) is 0 Å². The Hall–Kier alpha value is -1.39. The average Bonchev–Trinajstić information content (AvgIpc) is 2.95. The highest BCUT2D eigenvalue weighted by Crippen LogP contribution is 2.16. The molecule has 1 heterocycles. The minimum atomic E-state index is 0.0727. The Morgan fingerprint density at radius 2 is 2.24 bits per heavy atom. The van der Waals surface area contributed by atoms with Crippen molar-refractivity contribution in [1.82, 2.24) is 10.2 Å². The highest BCUT2D eigenvalue weighted by Gasteiger charge is 2.18. The minimum Gasteiger partial charge on any atom is -0.325 e. The van der Waals surface area contributed by atoms with E-state index in [0.717, 1.165) is 30.9 Å². The summed E-state index contributed by atoms with van der Waals surface area (Å²) in [5, 5.41) is 6.53. The van der Waals surface area contributed by atoms with Crippen LogP contribution in [0.4, 0.5) is 5.69 Å². The number of carbonyl (C=O) groups is 1. The van der Waals surface area contributed by atoms with Crippen LogP contribution >= 0.6 is 0 Å². The number of hydrogen-bond acceptors (Lipinski definition) is 3. The SMILES string of the molecule is CCN(CC(=O)Nc1cc(C)ccc1C)CC1CCCN1. The number of likely N-dealkylation sites (N-methyl/N-ethyl adjacent to an activating group) is 1. The van der Waals surface area contributed by atoms with E-state index in [1.807, 2.05) is 26.0 Å². The average molecular weight is 289 g/mol. The molecule has 2 rings (SSSR count). The van der Waals surface area contributed by atoms with Gasteiger partial charge in [-0.2, -0.15) is 0 Å². The zero-order valence-corrected chi connectivity index (χ0v) is 13.4. The predicted octanol–water partition coefficient (Wildman–Crippen LogP) is 2.32. The van der Waals surface area contributed by atoms with Crippen molar-refractivity contribution in [3.05, 3.63) is 29.3 Å². The molecule has 1 amide bonds. The normalized spacial score (nSPS) is 18.2. The van der Waals surface area contributed by atoms with Gasteiger partial charge in [-0.25, -0.2) is 0 Å². The molecule has 2 N–H and O–H groups in total. The lowest BCUT2D eigenvalue weighted by Crippen LogP contribution is -2.41. The van der Waals surface area contributed by atoms with Crippen molar-refractivity contribution < 1.29 is 4.79 Å². The second kappa shape index (κ2) is 7.57. The van der Waals surface area contributed by atoms with Crippen LogP contribution in [0.1, 0.15) is 30.9 Å². The number of aryl methyl sites for hydroxylation is 2. The monoisotopic (exact) mass is 289 g/mol. The molecule has 1 saturated heterocycles. The molecule has 0 spiro atoms. The molecule has 1 unspecified atom stereocenters. The Labute approximate surface area is 127 Å². The van der Waals surface area contributed by atoms with E-state index in [2.05, 4.69) is 28.5 Å². The summed E-state index contributed by atoms with van der Waals surface area (Å²) < 4.78 is 0. The summed E-state index contributed by atoms with van der Waals surface area (Å²) in [6, 6.07) is 6.68. The quantitative estimate of drug-likeness (QED) is 0.845. The lowest BCUT2D eigenvalue weighted by molar-refractivity contribution is -0.117. The van der Waals surface area contributed by atoms with E-state index < -0.39 is 0 Å². The number of nitrogens with one attached hydrogen (secondary N) is 2. The zero-order valence-electron chi connectivity index (χ0n) is 13.4. The predicted molar refractivity (Wildman–Crippen MR) is 87.7 cm³/mol. The van der Waals surface area contributed by atoms with Crippen molar-refractivity contribution in [1.29, 1.82) is 0 Å². The number of hydrogen-bond donors (Lipinski definition) is 2. The van der Waals surface area contributed by atoms with Crippen molar-refractivity contribution in [2.24, 2.45) is 0 Å². The fourth-order valence-corrected chi connectivity index (χ4v) is 2.79. The molecular formula is C17H27N3O. The molecule has 1 aliphatic rings. The fraction of sp³-hybridized carbons (Fsp3) is 0.588. The third-order valence-corrected chi connectivity index (χ3v) is 4.12. The Bertz CT molecular complexity index is 481. The molecule has 0 aromatic heterocycles. The first-order valence-corrected chi connectivity index (χ1v) is 7.91. The summed E-state index contributed by atoms with van der Waals surface area (Å²) in [7, 11) is 0. The van der Waals surface area contributed by atoms with Crippen LogP contribution in [0.3, 0.4) is 0 Å². The molecule has 0 saturated carbocycles. The summed E-state index contributed by atoms with van der Waals surface area (Å²) >= 11 is 0. The Balaban J connectivity index is 1.88. The molecular weight excluding hydrogens is 262 g/mol. The van der Waals surface area contributed by atoms with Gasteiger partial charge < -0.3 is 10.6 Å². The lowest BCUT2D eigenvalue weighted by Gasteiger charge is -2.23. The molecule has 0 bridgehead atoms. The number of nitrogens with zero attached hydrogens (tertiary/aromatic N) is 1. The van der Waals surface area contributed by atoms with Gasteiger partial charge in [0.1, 0.15) is 0 Å². The fourth-order valence-electron chi connectivity index (χ4n) is 2.79. The van der Waals surface area contributed by atoms with Gasteiger partial charge in [-0.05, 0) is 57.0 Å². The summed E-state index contributed by atoms with van der Waals surface area (Å²) in [4.78, 5) is 14.5. The van der Waals surface area contributed by atoms with E-state index in [0.29, 0.717) is 12.6 Å². The molecule has 0 radical (unpaired) electrons. The maximum absolute atomic E-state index is 12.2. The molecule has 1 atom stereocenters. The van der Waals surface area contributed by atoms with Crippen LogP contribution in [0.2, 0.25) is 0 Å². The van der Waals surface area contributed by atoms with Crippen LogP contribution in [0.15, 0.2) is 18.2 Å². The zero-order chi connectivity index (χ0) is 15.2. The first-order valence-electron chi connectivity index (χ1n) is 7.91. The topological polar surface area (TPSA) is 44.4 Å². The van der Waals surface area contributed by atoms with Crippen LogP contribution in [-0.2, 0) is 4.79 Å². The van der Waals surface area contributed by atoms with Crippen molar-refractivity contribution in [2.75, 3.05) is 31.5 Å². The second-order valence-corrected chi connectivity index (χ2v) is 5.99. The van der Waals surface area contributed by atoms with Gasteiger partial charge in [0.15, 0.2) is 0 Å². The summed E-state index contributed by atoms with van der Waals surface area (Å²) in [6.07, 6.45) is 2.46. The lowest BCUT2D eigenvalue weighted by atomic mass is 10.1. The Kier molecular flexibility index (Phi) is 5.76. The molecule has 1 aromatic carbocycles. The van der Waals surface area contributed by atoms with Crippen molar-refractivity contribution >= 4 is 11.6 Å². The minimum absolute atomic E-state index is 0.0727. The smallest absolute Gasteiger partial charge is 0.238 e. The van der Waals surface area contributed by atoms with Crippen molar-refractivity contribution in [3.8, 4) is 0 Å². The first kappa shape index (κ1) is 16.0. The summed E-state index contributed by atoms with van der Waals surface area (Å²) in [5.74, 6) is 0.0727. The molecule has 21 heavy (non-hydrogen) atoms. The number of carbonyl (C=O) groups excluding carboxylic acids is 1. The molecule has 1 aromatic rings. The standard InChI is InChI=1S/C17H27N3O/c1-4-20(11-15-6-5-9-18-15)12-17(21)19-16-10-13(2)7-8-14(16)3/h7-8,10,15,18H,4-6,9,11-12H2,1-3H3,(H,19,21). The summed E-state index contributed by atoms with van der Waals surface area (Å²) in [6.45, 7) is 9.60. The van der Waals surface area contributed by atoms with Crippen molar-refractivity contribution in [3.63, 3.8) is 0 Å². The molecule has 116 valence electrons. The van der Waals surface area contributed by atoms with Gasteiger partial charge in [-0.15, -0.1) is 0 Å². The maximum atomic E-state index is 12.2. The Morgan fingerprint density at radius 1 is 1.43 bits per heavy atom. The number of benzene rings is 1. The van der Waals surface area contributed by atoms with Gasteiger partial charge in [0.05, 0.1) is 6.54 Å². The molecule has 4 nitrogen and oxygen atoms in total. The highest BCUT2D eigenvalue weighted by atomic mass is 16.2. The van der Waals surface area contributed by atoms with Gasteiger partial charge in [0.25, 0.3) is 0 Å². The maximum Gasteiger partial charge on any atom is 0.238 e. The Morgan fingerprint density at radius 3 is 2.90 bits per heavy atom. The number of rotatable bonds is 6. The van der Waals surface area contributed by atoms with Crippen LogP contribution in [-0.4, -0.2) is 43.0 Å². The molecule has 1 aliphatic heterocycles. The molecule has 1 fully saturated rings. The number of amides is 1. The second-order valence-electron chi connectivity index (χ2n) is 5.99. The number of anilines is 1. The van der Waals surface area contributed by atoms with Gasteiger partial charge in [-0.3, -0.25) is 9.69 Å². The van der Waals surface area contributed by atoms with Crippen molar-refractivity contribution in [2.45, 2.75) is 39.7 Å². The van der Waals surface area contributed by atoms with Gasteiger partial charge in [-0.1, -0.05) is 19.1 Å². The van der Waals surface area contributed by atoms with Gasteiger partial charge in [0.2, 0.25) is 5.91 Å². The third kappa shape index (κ3) is 4.83. The van der Waals surface area contributed by atoms with E-state index in [1.165, 1.54) is 18.4 Å². The van der Waals surface area contributed by atoms with E-state index in [-0.39, 0.29) is 5.91 Å². The van der Waals surface area contributed by atoms with Gasteiger partial charge in [0, 0.05) is 18.3 Å². The van der Waals surface area contributed by atoms with E-state index in [9.17, 15) is 4.79 Å². The molecule has 4 heteroatoms. The summed E-state index contributed by atoms with van der Waals surface area (Å²) in [5.41, 5.74) is 3.20. The first-order chi connectivity index (χ1) is 10.1.